The number of rotatable bonds is 7. The van der Waals surface area contributed by atoms with Crippen LogP contribution >= 0.6 is 11.6 Å². The van der Waals surface area contributed by atoms with E-state index >= 15 is 0 Å². The van der Waals surface area contributed by atoms with Crippen LogP contribution in [-0.2, 0) is 24.3 Å². The normalized spacial score (nSPS) is 16.8. The van der Waals surface area contributed by atoms with Crippen LogP contribution in [0.2, 0.25) is 5.02 Å². The Labute approximate surface area is 223 Å². The summed E-state index contributed by atoms with van der Waals surface area (Å²) in [6.07, 6.45) is 6.08. The number of benzene rings is 2. The molecule has 3 heterocycles. The highest BCUT2D eigenvalue weighted by Gasteiger charge is 2.40. The van der Waals surface area contributed by atoms with Crippen LogP contribution in [0.4, 0.5) is 0 Å². The third kappa shape index (κ3) is 5.82. The van der Waals surface area contributed by atoms with Gasteiger partial charge in [-0.05, 0) is 55.5 Å². The Hall–Kier alpha value is -3.32. The van der Waals surface area contributed by atoms with Gasteiger partial charge in [0.25, 0.3) is 5.91 Å². The zero-order valence-corrected chi connectivity index (χ0v) is 22.0. The highest BCUT2D eigenvalue weighted by atomic mass is 35.5. The van der Waals surface area contributed by atoms with Crippen LogP contribution in [0.15, 0.2) is 60.9 Å². The molecule has 2 aliphatic rings. The molecule has 37 heavy (non-hydrogen) atoms. The molecular formula is C29H33ClN4O3. The van der Waals surface area contributed by atoms with Crippen molar-refractivity contribution in [3.63, 3.8) is 0 Å². The molecule has 0 saturated carbocycles. The molecular weight excluding hydrogens is 488 g/mol. The maximum Gasteiger partial charge on any atom is 0.257 e. The average Bonchev–Trinajstić information content (AvgIpc) is 3.41. The molecule has 2 aromatic carbocycles. The standard InChI is InChI=1S/C29H33ClN4O3/c1-2-34-20-24(18-31-34)28(36)32-14-11-29(12-15-32,21-37-26-9-5-8-25(30)16-26)17-27(35)33-13-10-22-6-3-4-7-23(22)19-33/h3-9,16,18,20H,2,10-15,17,19,21H2,1H3. The summed E-state index contributed by atoms with van der Waals surface area (Å²) in [5, 5.41) is 4.86. The van der Waals surface area contributed by atoms with E-state index in [2.05, 4.69) is 23.3 Å². The van der Waals surface area contributed by atoms with Crippen molar-refractivity contribution in [1.82, 2.24) is 19.6 Å². The van der Waals surface area contributed by atoms with Gasteiger partial charge in [0.2, 0.25) is 5.91 Å². The third-order valence-corrected chi connectivity index (χ3v) is 7.90. The fraction of sp³-hybridized carbons (Fsp3) is 0.414. The number of piperidine rings is 1. The topological polar surface area (TPSA) is 67.7 Å². The second-order valence-electron chi connectivity index (χ2n) is 10.1. The van der Waals surface area contributed by atoms with Gasteiger partial charge in [0, 0.05) is 55.8 Å². The Kier molecular flexibility index (Phi) is 7.51. The van der Waals surface area contributed by atoms with E-state index in [0.717, 1.165) is 19.5 Å². The molecule has 0 unspecified atom stereocenters. The maximum atomic E-state index is 13.6. The highest BCUT2D eigenvalue weighted by Crippen LogP contribution is 2.38. The van der Waals surface area contributed by atoms with Crippen molar-refractivity contribution in [2.24, 2.45) is 5.41 Å². The number of halogens is 1. The van der Waals surface area contributed by atoms with Crippen LogP contribution in [-0.4, -0.2) is 57.6 Å². The van der Waals surface area contributed by atoms with Crippen LogP contribution in [0.1, 0.15) is 47.7 Å². The molecule has 0 N–H and O–H groups in total. The van der Waals surface area contributed by atoms with E-state index in [9.17, 15) is 9.59 Å². The SMILES string of the molecule is CCn1cc(C(=O)N2CCC(COc3cccc(Cl)c3)(CC(=O)N3CCc4ccccc4C3)CC2)cn1. The van der Waals surface area contributed by atoms with Gasteiger partial charge in [-0.15, -0.1) is 0 Å². The van der Waals surface area contributed by atoms with Gasteiger partial charge in [-0.1, -0.05) is 41.9 Å². The zero-order chi connectivity index (χ0) is 25.8. The highest BCUT2D eigenvalue weighted by molar-refractivity contribution is 6.30. The number of carbonyl (C=O) groups is 2. The van der Waals surface area contributed by atoms with Crippen molar-refractivity contribution in [3.05, 3.63) is 82.6 Å². The number of hydrogen-bond donors (Lipinski definition) is 0. The summed E-state index contributed by atoms with van der Waals surface area (Å²) in [5.41, 5.74) is 2.79. The van der Waals surface area contributed by atoms with Gasteiger partial charge in [-0.2, -0.15) is 5.10 Å². The van der Waals surface area contributed by atoms with E-state index in [1.54, 1.807) is 23.1 Å². The van der Waals surface area contributed by atoms with Crippen LogP contribution in [0.5, 0.6) is 5.75 Å². The first-order chi connectivity index (χ1) is 17.9. The average molecular weight is 521 g/mol. The summed E-state index contributed by atoms with van der Waals surface area (Å²) in [4.78, 5) is 30.5. The summed E-state index contributed by atoms with van der Waals surface area (Å²) in [6, 6.07) is 15.7. The van der Waals surface area contributed by atoms with Crippen molar-refractivity contribution < 1.29 is 14.3 Å². The summed E-state index contributed by atoms with van der Waals surface area (Å²) >= 11 is 6.16. The van der Waals surface area contributed by atoms with E-state index in [1.165, 1.54) is 11.1 Å². The van der Waals surface area contributed by atoms with Gasteiger partial charge in [0.05, 0.1) is 18.4 Å². The number of amides is 2. The fourth-order valence-electron chi connectivity index (χ4n) is 5.32. The van der Waals surface area contributed by atoms with Gasteiger partial charge < -0.3 is 14.5 Å². The number of carbonyl (C=O) groups excluding carboxylic acids is 2. The van der Waals surface area contributed by atoms with E-state index in [0.29, 0.717) is 61.8 Å². The van der Waals surface area contributed by atoms with Gasteiger partial charge in [-0.3, -0.25) is 14.3 Å². The lowest BCUT2D eigenvalue weighted by atomic mass is 9.75. The molecule has 5 rings (SSSR count). The van der Waals surface area contributed by atoms with Crippen molar-refractivity contribution in [3.8, 4) is 5.75 Å². The number of aromatic nitrogens is 2. The van der Waals surface area contributed by atoms with Crippen molar-refractivity contribution in [2.75, 3.05) is 26.2 Å². The number of likely N-dealkylation sites (tertiary alicyclic amines) is 1. The number of fused-ring (bicyclic) bond motifs is 1. The number of aryl methyl sites for hydroxylation is 1. The van der Waals surface area contributed by atoms with Gasteiger partial charge >= 0.3 is 0 Å². The summed E-state index contributed by atoms with van der Waals surface area (Å²) in [5.74, 6) is 0.827. The molecule has 8 heteroatoms. The van der Waals surface area contributed by atoms with E-state index in [1.807, 2.05) is 41.0 Å². The molecule has 0 radical (unpaired) electrons. The lowest BCUT2D eigenvalue weighted by Crippen LogP contribution is -2.48. The number of ether oxygens (including phenoxy) is 1. The summed E-state index contributed by atoms with van der Waals surface area (Å²) in [6.45, 7) is 5.64. The Morgan fingerprint density at radius 3 is 2.54 bits per heavy atom. The van der Waals surface area contributed by atoms with Crippen LogP contribution < -0.4 is 4.74 Å². The fourth-order valence-corrected chi connectivity index (χ4v) is 5.50. The molecule has 0 atom stereocenters. The summed E-state index contributed by atoms with van der Waals surface area (Å²) < 4.78 is 7.96. The van der Waals surface area contributed by atoms with E-state index in [4.69, 9.17) is 16.3 Å². The van der Waals surface area contributed by atoms with Crippen molar-refractivity contribution >= 4 is 23.4 Å². The molecule has 2 aliphatic heterocycles. The first kappa shape index (κ1) is 25.3. The Morgan fingerprint density at radius 1 is 1.03 bits per heavy atom. The molecule has 1 saturated heterocycles. The largest absolute Gasteiger partial charge is 0.493 e. The Bertz CT molecular complexity index is 1270. The van der Waals surface area contributed by atoms with Gasteiger partial charge in [-0.25, -0.2) is 0 Å². The van der Waals surface area contributed by atoms with Crippen LogP contribution in [0.25, 0.3) is 0 Å². The second-order valence-corrected chi connectivity index (χ2v) is 10.6. The maximum absolute atomic E-state index is 13.6. The molecule has 0 aliphatic carbocycles. The van der Waals surface area contributed by atoms with E-state index < -0.39 is 0 Å². The predicted molar refractivity (Wildman–Crippen MR) is 143 cm³/mol. The third-order valence-electron chi connectivity index (χ3n) is 7.67. The summed E-state index contributed by atoms with van der Waals surface area (Å²) in [7, 11) is 0. The van der Waals surface area contributed by atoms with Crippen molar-refractivity contribution in [2.45, 2.75) is 45.7 Å². The van der Waals surface area contributed by atoms with Crippen LogP contribution in [0, 0.1) is 5.41 Å². The lowest BCUT2D eigenvalue weighted by molar-refractivity contribution is -0.136. The first-order valence-electron chi connectivity index (χ1n) is 13.0. The van der Waals surface area contributed by atoms with E-state index in [-0.39, 0.29) is 17.2 Å². The molecule has 194 valence electrons. The first-order valence-corrected chi connectivity index (χ1v) is 13.4. The molecule has 1 fully saturated rings. The second kappa shape index (κ2) is 11.0. The molecule has 7 nitrogen and oxygen atoms in total. The molecule has 3 aromatic rings. The minimum absolute atomic E-state index is 0.0111. The van der Waals surface area contributed by atoms with Crippen molar-refractivity contribution in [1.29, 1.82) is 0 Å². The predicted octanol–water partition coefficient (Wildman–Crippen LogP) is 4.83. The zero-order valence-electron chi connectivity index (χ0n) is 21.2. The molecule has 2 amide bonds. The monoisotopic (exact) mass is 520 g/mol. The minimum Gasteiger partial charge on any atom is -0.493 e. The lowest BCUT2D eigenvalue weighted by Gasteiger charge is -2.42. The van der Waals surface area contributed by atoms with Crippen LogP contribution in [0.3, 0.4) is 0 Å². The van der Waals surface area contributed by atoms with Gasteiger partial charge in [0.15, 0.2) is 0 Å². The Morgan fingerprint density at radius 2 is 1.81 bits per heavy atom. The quantitative estimate of drug-likeness (QED) is 0.447. The Balaban J connectivity index is 1.29. The smallest absolute Gasteiger partial charge is 0.257 e. The number of hydrogen-bond acceptors (Lipinski definition) is 4. The molecule has 1 aromatic heterocycles. The molecule has 0 spiro atoms. The van der Waals surface area contributed by atoms with Gasteiger partial charge in [0.1, 0.15) is 5.75 Å². The molecule has 0 bridgehead atoms. The minimum atomic E-state index is -0.360. The number of nitrogens with zero attached hydrogens (tertiary/aromatic N) is 4.